The minimum atomic E-state index is -3.03. The Balaban J connectivity index is 1.77. The number of fused-ring (bicyclic) bond motifs is 1. The Morgan fingerprint density at radius 1 is 1.10 bits per heavy atom. The third kappa shape index (κ3) is 5.29. The van der Waals surface area contributed by atoms with Crippen LogP contribution in [-0.2, 0) is 0 Å². The summed E-state index contributed by atoms with van der Waals surface area (Å²) in [6.07, 6.45) is 13.9. The third-order valence-corrected chi connectivity index (χ3v) is 8.11. The summed E-state index contributed by atoms with van der Waals surface area (Å²) in [5.41, 5.74) is -0.188. The van der Waals surface area contributed by atoms with Crippen LogP contribution in [0.4, 0.5) is 0 Å². The van der Waals surface area contributed by atoms with Crippen LogP contribution in [0.1, 0.15) is 94.1 Å². The Hall–Kier alpha value is -0.900. The van der Waals surface area contributed by atoms with Gasteiger partial charge in [-0.05, 0) is 88.2 Å². The van der Waals surface area contributed by atoms with Gasteiger partial charge in [-0.1, -0.05) is 56.2 Å². The fourth-order valence-electron chi connectivity index (χ4n) is 6.29. The van der Waals surface area contributed by atoms with E-state index >= 15 is 0 Å². The lowest BCUT2D eigenvalue weighted by molar-refractivity contribution is 0.0436. The summed E-state index contributed by atoms with van der Waals surface area (Å²) >= 11 is 0. The summed E-state index contributed by atoms with van der Waals surface area (Å²) in [5.74, 6) is -0.128. The van der Waals surface area contributed by atoms with E-state index in [9.17, 15) is 15.3 Å². The zero-order valence-corrected chi connectivity index (χ0v) is 18.8. The van der Waals surface area contributed by atoms with Crippen molar-refractivity contribution in [3.8, 4) is 0 Å². The maximum Gasteiger partial charge on any atom is 0.0651 e. The van der Waals surface area contributed by atoms with Crippen LogP contribution in [0, 0.1) is 29.1 Å². The van der Waals surface area contributed by atoms with Crippen LogP contribution < -0.4 is 0 Å². The average molecular weight is 423 g/mol. The quantitative estimate of drug-likeness (QED) is 0.508. The summed E-state index contributed by atoms with van der Waals surface area (Å²) in [7, 11) is 0. The smallest absolute Gasteiger partial charge is 0.0651 e. The molecule has 0 saturated heterocycles. The predicted octanol–water partition coefficient (Wildman–Crippen LogP) is 5.56. The number of aliphatic hydroxyl groups is 3. The van der Waals surface area contributed by atoms with Crippen LogP contribution in [0.3, 0.4) is 0 Å². The molecule has 7 atom stereocenters. The van der Waals surface area contributed by atoms with E-state index in [2.05, 4.69) is 26.0 Å². The average Bonchev–Trinajstić information content (AvgIpc) is 3.10. The molecule has 3 nitrogen and oxygen atoms in total. The maximum atomic E-state index is 10.8. The fourth-order valence-corrected chi connectivity index (χ4v) is 6.29. The van der Waals surface area contributed by atoms with E-state index < -0.39 is 37.4 Å². The molecule has 0 aromatic rings. The van der Waals surface area contributed by atoms with Gasteiger partial charge in [0.1, 0.15) is 0 Å². The molecule has 0 bridgehead atoms. The van der Waals surface area contributed by atoms with E-state index in [0.29, 0.717) is 31.1 Å². The summed E-state index contributed by atoms with van der Waals surface area (Å²) in [6.45, 7) is -0.140. The molecule has 30 heavy (non-hydrogen) atoms. The molecule has 0 amide bonds. The van der Waals surface area contributed by atoms with Gasteiger partial charge in [-0.25, -0.2) is 0 Å². The highest BCUT2D eigenvalue weighted by Gasteiger charge is 2.50. The first kappa shape index (κ1) is 16.7. The Labute approximate surface area is 192 Å². The van der Waals surface area contributed by atoms with Gasteiger partial charge in [0.2, 0.25) is 0 Å². The molecule has 170 valence electrons. The van der Waals surface area contributed by atoms with Gasteiger partial charge < -0.3 is 15.3 Å². The minimum absolute atomic E-state index is 0.0888. The molecule has 3 heteroatoms. The lowest BCUT2D eigenvalue weighted by Crippen LogP contribution is -2.35. The molecule has 0 radical (unpaired) electrons. The van der Waals surface area contributed by atoms with Gasteiger partial charge in [-0.15, -0.1) is 0 Å². The molecule has 3 aliphatic rings. The summed E-state index contributed by atoms with van der Waals surface area (Å²) in [5, 5.41) is 30.8. The number of aliphatic hydroxyl groups excluding tert-OH is 2. The van der Waals surface area contributed by atoms with Crippen molar-refractivity contribution in [2.24, 2.45) is 29.1 Å². The van der Waals surface area contributed by atoms with Crippen molar-refractivity contribution >= 4 is 0 Å². The van der Waals surface area contributed by atoms with Crippen molar-refractivity contribution in [1.82, 2.24) is 0 Å². The SMILES string of the molecule is [2H]C([2H])([2H])C(O)([C@@H](C)/C=C/[C@@H](C)[C@H]1CCC2/C(=C/C=C3C[C@@H](O)C[C@H](O)C3)CCC[C@@]21C)C([2H])([2H])[2H]. The molecule has 0 heterocycles. The molecule has 0 aromatic heterocycles. The topological polar surface area (TPSA) is 60.7 Å². The lowest BCUT2D eigenvalue weighted by atomic mass is 9.61. The Morgan fingerprint density at radius 2 is 1.80 bits per heavy atom. The van der Waals surface area contributed by atoms with Gasteiger partial charge in [0, 0.05) is 14.1 Å². The molecule has 1 unspecified atom stereocenters. The Morgan fingerprint density at radius 3 is 2.47 bits per heavy atom. The zero-order chi connectivity index (χ0) is 27.1. The monoisotopic (exact) mass is 422 g/mol. The van der Waals surface area contributed by atoms with Crippen LogP contribution in [-0.4, -0.2) is 33.1 Å². The maximum absolute atomic E-state index is 10.8. The van der Waals surface area contributed by atoms with Crippen molar-refractivity contribution in [2.45, 2.75) is 104 Å². The summed E-state index contributed by atoms with van der Waals surface area (Å²) < 4.78 is 46.1. The van der Waals surface area contributed by atoms with E-state index in [1.54, 1.807) is 6.08 Å². The zero-order valence-electron chi connectivity index (χ0n) is 24.8. The van der Waals surface area contributed by atoms with Crippen LogP contribution >= 0.6 is 0 Å². The van der Waals surface area contributed by atoms with Crippen LogP contribution in [0.25, 0.3) is 0 Å². The Bertz CT molecular complexity index is 848. The molecule has 3 aliphatic carbocycles. The van der Waals surface area contributed by atoms with E-state index in [1.807, 2.05) is 6.08 Å². The molecule has 3 saturated carbocycles. The highest BCUT2D eigenvalue weighted by Crippen LogP contribution is 2.59. The first-order chi connectivity index (χ1) is 16.5. The molecule has 0 aliphatic heterocycles. The minimum Gasteiger partial charge on any atom is -0.393 e. The lowest BCUT2D eigenvalue weighted by Gasteiger charge is -2.44. The molecule has 3 fully saturated rings. The van der Waals surface area contributed by atoms with Gasteiger partial charge in [0.15, 0.2) is 0 Å². The summed E-state index contributed by atoms with van der Waals surface area (Å²) in [6, 6.07) is 0. The van der Waals surface area contributed by atoms with Gasteiger partial charge >= 0.3 is 0 Å². The van der Waals surface area contributed by atoms with Crippen molar-refractivity contribution < 1.29 is 23.5 Å². The van der Waals surface area contributed by atoms with Gasteiger partial charge in [0.05, 0.1) is 17.8 Å². The van der Waals surface area contributed by atoms with Crippen molar-refractivity contribution in [2.75, 3.05) is 0 Å². The van der Waals surface area contributed by atoms with E-state index in [0.717, 1.165) is 37.7 Å². The van der Waals surface area contributed by atoms with E-state index in [4.69, 9.17) is 8.22 Å². The number of allylic oxidation sites excluding steroid dienone is 4. The fraction of sp³-hybridized carbons (Fsp3) is 0.778. The van der Waals surface area contributed by atoms with Gasteiger partial charge in [-0.2, -0.15) is 0 Å². The molecular weight excluding hydrogens is 372 g/mol. The van der Waals surface area contributed by atoms with Gasteiger partial charge in [-0.3, -0.25) is 0 Å². The van der Waals surface area contributed by atoms with E-state index in [1.165, 1.54) is 12.5 Å². The van der Waals surface area contributed by atoms with Crippen molar-refractivity contribution in [1.29, 1.82) is 0 Å². The largest absolute Gasteiger partial charge is 0.393 e. The molecule has 3 N–H and O–H groups in total. The van der Waals surface area contributed by atoms with Crippen LogP contribution in [0.2, 0.25) is 0 Å². The molecule has 0 aromatic carbocycles. The highest BCUT2D eigenvalue weighted by molar-refractivity contribution is 5.26. The number of rotatable bonds is 5. The van der Waals surface area contributed by atoms with Crippen molar-refractivity contribution in [3.63, 3.8) is 0 Å². The predicted molar refractivity (Wildman–Crippen MR) is 124 cm³/mol. The first-order valence-electron chi connectivity index (χ1n) is 14.7. The van der Waals surface area contributed by atoms with Gasteiger partial charge in [0.25, 0.3) is 0 Å². The number of hydrogen-bond donors (Lipinski definition) is 3. The molecule has 0 spiro atoms. The second-order valence-electron chi connectivity index (χ2n) is 10.4. The summed E-state index contributed by atoms with van der Waals surface area (Å²) in [4.78, 5) is 0. The molecule has 3 rings (SSSR count). The van der Waals surface area contributed by atoms with E-state index in [-0.39, 0.29) is 11.3 Å². The Kier molecular flexibility index (Phi) is 5.18. The standard InChI is InChI=1S/C27H44O3/c1-18(8-9-19(2)26(3,4)30)24-12-13-25-21(7-6-14-27(24,25)5)11-10-20-15-22(28)17-23(29)16-20/h8-11,18-19,22-25,28-30H,6-7,12-17H2,1-5H3/b9-8+,21-11+/t18-,19+,22-,23-,24-,25?,27-/m1/s1/i3D3,4D3. The van der Waals surface area contributed by atoms with Crippen molar-refractivity contribution in [3.05, 3.63) is 35.5 Å². The third-order valence-electron chi connectivity index (χ3n) is 8.11. The van der Waals surface area contributed by atoms with Crippen LogP contribution in [0.15, 0.2) is 35.5 Å². The van der Waals surface area contributed by atoms with Crippen LogP contribution in [0.5, 0.6) is 0 Å². The second-order valence-corrected chi connectivity index (χ2v) is 10.4. The second kappa shape index (κ2) is 9.30. The molecular formula is C27H44O3. The normalized spacial score (nSPS) is 42.5. The highest BCUT2D eigenvalue weighted by atomic mass is 16.3. The number of hydrogen-bond acceptors (Lipinski definition) is 3. The first-order valence-corrected chi connectivity index (χ1v) is 11.7.